The molecule has 4 aromatic rings. The fourth-order valence-electron chi connectivity index (χ4n) is 5.71. The van der Waals surface area contributed by atoms with Crippen LogP contribution in [-0.2, 0) is 47.3 Å². The minimum Gasteiger partial charge on any atom is -0.0584 e. The van der Waals surface area contributed by atoms with Crippen molar-refractivity contribution in [3.63, 3.8) is 0 Å². The van der Waals surface area contributed by atoms with Gasteiger partial charge in [0, 0.05) is 0 Å². The molecule has 0 radical (unpaired) electrons. The van der Waals surface area contributed by atoms with E-state index in [1.807, 2.05) is 0 Å². The first-order valence-electron chi connectivity index (χ1n) is 16.8. The smallest absolute Gasteiger partial charge is 0.0132 e. The van der Waals surface area contributed by atoms with Gasteiger partial charge >= 0.3 is 0 Å². The van der Waals surface area contributed by atoms with Crippen LogP contribution >= 0.6 is 0 Å². The topological polar surface area (TPSA) is 0 Å². The second-order valence-electron chi connectivity index (χ2n) is 17.2. The fourth-order valence-corrected chi connectivity index (χ4v) is 5.71. The Balaban J connectivity index is 1.41. The molecule has 0 nitrogen and oxygen atoms in total. The van der Waals surface area contributed by atoms with Gasteiger partial charge in [0.2, 0.25) is 0 Å². The fraction of sp³-hybridized carbons (Fsp3) is 0.455. The van der Waals surface area contributed by atoms with Gasteiger partial charge in [0.1, 0.15) is 0 Å². The van der Waals surface area contributed by atoms with Crippen molar-refractivity contribution in [2.24, 2.45) is 0 Å². The molecule has 0 bridgehead atoms. The van der Waals surface area contributed by atoms with Crippen LogP contribution in [0.1, 0.15) is 128 Å². The lowest BCUT2D eigenvalue weighted by Crippen LogP contribution is -2.17. The van der Waals surface area contributed by atoms with Gasteiger partial charge in [-0.3, -0.25) is 0 Å². The Hall–Kier alpha value is -3.12. The van der Waals surface area contributed by atoms with E-state index in [2.05, 4.69) is 168 Å². The maximum atomic E-state index is 2.43. The maximum Gasteiger partial charge on any atom is -0.0132 e. The van der Waals surface area contributed by atoms with E-state index >= 15 is 0 Å². The molecule has 0 atom stereocenters. The molecule has 0 heteroatoms. The molecule has 234 valence electrons. The second kappa shape index (κ2) is 12.7. The third-order valence-electron chi connectivity index (χ3n) is 9.10. The van der Waals surface area contributed by atoms with Crippen molar-refractivity contribution in [3.05, 3.63) is 129 Å². The molecule has 0 aliphatic heterocycles. The molecule has 0 amide bonds. The Morgan fingerprint density at radius 3 is 0.750 bits per heavy atom. The molecule has 4 aromatic carbocycles. The first kappa shape index (κ1) is 33.8. The Morgan fingerprint density at radius 2 is 0.523 bits per heavy atom. The van der Waals surface area contributed by atoms with Crippen molar-refractivity contribution in [2.45, 2.75) is 130 Å². The molecule has 44 heavy (non-hydrogen) atoms. The Labute approximate surface area is 270 Å². The summed E-state index contributed by atoms with van der Waals surface area (Å²) in [6.07, 6.45) is 4.25. The molecule has 0 saturated carbocycles. The average Bonchev–Trinajstić information content (AvgIpc) is 2.93. The first-order valence-corrected chi connectivity index (χ1v) is 16.8. The van der Waals surface area contributed by atoms with Crippen LogP contribution in [0.3, 0.4) is 0 Å². The zero-order chi connectivity index (χ0) is 32.5. The van der Waals surface area contributed by atoms with E-state index in [4.69, 9.17) is 0 Å². The molecule has 0 aliphatic rings. The molecular formula is C44H58. The van der Waals surface area contributed by atoms with Gasteiger partial charge in [0.25, 0.3) is 0 Å². The molecule has 4 rings (SSSR count). The van der Waals surface area contributed by atoms with Crippen molar-refractivity contribution < 1.29 is 0 Å². The highest BCUT2D eigenvalue weighted by Gasteiger charge is 2.22. The number of hydrogen-bond donors (Lipinski definition) is 0. The predicted molar refractivity (Wildman–Crippen MR) is 194 cm³/mol. The summed E-state index contributed by atoms with van der Waals surface area (Å²) in [7, 11) is 0. The van der Waals surface area contributed by atoms with Gasteiger partial charge < -0.3 is 0 Å². The third kappa shape index (κ3) is 8.97. The van der Waals surface area contributed by atoms with Crippen LogP contribution in [0.2, 0.25) is 0 Å². The molecular weight excluding hydrogens is 528 g/mol. The van der Waals surface area contributed by atoms with Crippen molar-refractivity contribution >= 4 is 0 Å². The van der Waals surface area contributed by atoms with Crippen LogP contribution in [0.4, 0.5) is 0 Å². The van der Waals surface area contributed by atoms with Gasteiger partial charge in [0.05, 0.1) is 0 Å². The zero-order valence-electron chi connectivity index (χ0n) is 29.9. The number of hydrogen-bond acceptors (Lipinski definition) is 0. The van der Waals surface area contributed by atoms with Crippen molar-refractivity contribution in [1.82, 2.24) is 0 Å². The molecule has 0 heterocycles. The molecule has 0 unspecified atom stereocenters. The quantitative estimate of drug-likeness (QED) is 0.202. The van der Waals surface area contributed by atoms with Crippen LogP contribution in [-0.4, -0.2) is 0 Å². The summed E-state index contributed by atoms with van der Waals surface area (Å²) in [4.78, 5) is 0. The summed E-state index contributed by atoms with van der Waals surface area (Å²) in [5, 5.41) is 0. The van der Waals surface area contributed by atoms with E-state index in [9.17, 15) is 0 Å². The van der Waals surface area contributed by atoms with Gasteiger partial charge in [-0.05, 0) is 103 Å². The van der Waals surface area contributed by atoms with Gasteiger partial charge in [-0.25, -0.2) is 0 Å². The highest BCUT2D eigenvalue weighted by molar-refractivity contribution is 5.64. The molecule has 0 N–H and O–H groups in total. The van der Waals surface area contributed by atoms with E-state index in [1.54, 1.807) is 0 Å². The minimum absolute atomic E-state index is 0.153. The Kier molecular flexibility index (Phi) is 9.75. The zero-order valence-corrected chi connectivity index (χ0v) is 29.9. The van der Waals surface area contributed by atoms with E-state index in [0.29, 0.717) is 0 Å². The normalized spacial score (nSPS) is 12.9. The van der Waals surface area contributed by atoms with Crippen LogP contribution < -0.4 is 0 Å². The minimum atomic E-state index is 0.153. The van der Waals surface area contributed by atoms with Crippen molar-refractivity contribution in [3.8, 4) is 11.1 Å². The summed E-state index contributed by atoms with van der Waals surface area (Å²) in [5.74, 6) is 0. The van der Waals surface area contributed by atoms with E-state index in [-0.39, 0.29) is 21.7 Å². The number of aryl methyl sites for hydroxylation is 4. The summed E-state index contributed by atoms with van der Waals surface area (Å²) in [5.41, 5.74) is 14.6. The van der Waals surface area contributed by atoms with Crippen molar-refractivity contribution in [2.75, 3.05) is 0 Å². The average molecular weight is 587 g/mol. The lowest BCUT2D eigenvalue weighted by atomic mass is 9.79. The van der Waals surface area contributed by atoms with Crippen LogP contribution in [0.5, 0.6) is 0 Å². The molecule has 0 fully saturated rings. The summed E-state index contributed by atoms with van der Waals surface area (Å²) < 4.78 is 0. The lowest BCUT2D eigenvalue weighted by Gasteiger charge is -2.26. The highest BCUT2D eigenvalue weighted by Crippen LogP contribution is 2.32. The third-order valence-corrected chi connectivity index (χ3v) is 9.10. The van der Waals surface area contributed by atoms with E-state index in [0.717, 1.165) is 25.7 Å². The highest BCUT2D eigenvalue weighted by atomic mass is 14.3. The SMILES string of the molecule is CC(C)(C)c1cc(CCc2ccc(-c3ccc(CCc4cc(C(C)(C)C)cc(C(C)(C)C)c4)cc3)cc2)cc(C(C)(C)C)c1. The van der Waals surface area contributed by atoms with Gasteiger partial charge in [-0.15, -0.1) is 0 Å². The lowest BCUT2D eigenvalue weighted by molar-refractivity contribution is 0.566. The maximum absolute atomic E-state index is 2.43. The molecule has 0 spiro atoms. The van der Waals surface area contributed by atoms with Crippen LogP contribution in [0, 0.1) is 0 Å². The molecule has 0 saturated heterocycles. The van der Waals surface area contributed by atoms with Gasteiger partial charge in [-0.2, -0.15) is 0 Å². The molecule has 0 aromatic heterocycles. The standard InChI is InChI=1S/C44H58/c1-41(2,3)37-25-33(26-38(29-37)42(4,5)6)15-13-31-17-21-35(22-18-31)36-23-19-32(20-24-36)14-16-34-27-39(43(7,8)9)30-40(28-34)44(10,11)12/h17-30H,13-16H2,1-12H3. The number of rotatable bonds is 7. The first-order chi connectivity index (χ1) is 20.3. The predicted octanol–water partition coefficient (Wildman–Crippen LogP) is 12.1. The van der Waals surface area contributed by atoms with E-state index < -0.39 is 0 Å². The summed E-state index contributed by atoms with van der Waals surface area (Å²) in [6, 6.07) is 33.0. The van der Waals surface area contributed by atoms with Crippen LogP contribution in [0.25, 0.3) is 11.1 Å². The molecule has 0 aliphatic carbocycles. The Morgan fingerprint density at radius 1 is 0.295 bits per heavy atom. The Bertz CT molecular complexity index is 1350. The summed E-state index contributed by atoms with van der Waals surface area (Å²) >= 11 is 0. The van der Waals surface area contributed by atoms with Gasteiger partial charge in [-0.1, -0.05) is 168 Å². The monoisotopic (exact) mass is 586 g/mol. The van der Waals surface area contributed by atoms with Gasteiger partial charge in [0.15, 0.2) is 0 Å². The summed E-state index contributed by atoms with van der Waals surface area (Å²) in [6.45, 7) is 27.8. The largest absolute Gasteiger partial charge is 0.0584 e. The second-order valence-corrected chi connectivity index (χ2v) is 17.2. The van der Waals surface area contributed by atoms with Crippen molar-refractivity contribution in [1.29, 1.82) is 0 Å². The number of benzene rings is 4. The van der Waals surface area contributed by atoms with Crippen LogP contribution in [0.15, 0.2) is 84.9 Å². The van der Waals surface area contributed by atoms with E-state index in [1.165, 1.54) is 55.6 Å².